The van der Waals surface area contributed by atoms with Gasteiger partial charge in [-0.3, -0.25) is 0 Å². The lowest BCUT2D eigenvalue weighted by molar-refractivity contribution is 0.415. The summed E-state index contributed by atoms with van der Waals surface area (Å²) in [6.45, 7) is 0. The van der Waals surface area contributed by atoms with Crippen LogP contribution >= 0.6 is 11.6 Å². The van der Waals surface area contributed by atoms with Crippen molar-refractivity contribution in [2.45, 2.75) is 0 Å². The quantitative estimate of drug-likeness (QED) is 0.428. The van der Waals surface area contributed by atoms with Crippen LogP contribution in [-0.4, -0.2) is 14.2 Å². The van der Waals surface area contributed by atoms with Crippen LogP contribution in [0.25, 0.3) is 22.3 Å². The lowest BCUT2D eigenvalue weighted by atomic mass is 10.1. The number of methoxy groups -OCH3 is 2. The van der Waals surface area contributed by atoms with Gasteiger partial charge in [0.2, 0.25) is 0 Å². The number of rotatable bonds is 4. The summed E-state index contributed by atoms with van der Waals surface area (Å²) in [4.78, 5) is 4.84. The number of fused-ring (bicyclic) bond motifs is 1. The van der Waals surface area contributed by atoms with Crippen LogP contribution in [0.3, 0.4) is 0 Å². The molecule has 4 nitrogen and oxygen atoms in total. The molecule has 140 valence electrons. The summed E-state index contributed by atoms with van der Waals surface area (Å²) in [6, 6.07) is 22.7. The van der Waals surface area contributed by atoms with Gasteiger partial charge in [0.15, 0.2) is 0 Å². The number of nitrogens with zero attached hydrogens (tertiary/aromatic N) is 1. The molecule has 0 aliphatic carbocycles. The third-order valence-corrected chi connectivity index (χ3v) is 4.63. The molecule has 28 heavy (non-hydrogen) atoms. The number of hydrogen-bond acceptors (Lipinski definition) is 4. The van der Waals surface area contributed by atoms with E-state index < -0.39 is 0 Å². The van der Waals surface area contributed by atoms with Crippen molar-refractivity contribution < 1.29 is 13.9 Å². The number of benzene rings is 3. The molecule has 5 heteroatoms. The van der Waals surface area contributed by atoms with Crippen molar-refractivity contribution in [3.63, 3.8) is 0 Å². The van der Waals surface area contributed by atoms with Crippen molar-refractivity contribution in [2.24, 2.45) is 4.99 Å². The summed E-state index contributed by atoms with van der Waals surface area (Å²) in [5.41, 5.74) is 2.43. The van der Waals surface area contributed by atoms with Gasteiger partial charge in [-0.25, -0.2) is 4.99 Å². The second kappa shape index (κ2) is 7.79. The van der Waals surface area contributed by atoms with Gasteiger partial charge >= 0.3 is 0 Å². The van der Waals surface area contributed by atoms with Crippen LogP contribution in [0.4, 0.5) is 5.69 Å². The van der Waals surface area contributed by atoms with Crippen LogP contribution in [0.2, 0.25) is 5.02 Å². The van der Waals surface area contributed by atoms with E-state index in [2.05, 4.69) is 0 Å². The predicted octanol–water partition coefficient (Wildman–Crippen LogP) is 6.00. The highest BCUT2D eigenvalue weighted by molar-refractivity contribution is 6.30. The normalized spacial score (nSPS) is 11.6. The van der Waals surface area contributed by atoms with Crippen LogP contribution in [0.5, 0.6) is 11.5 Å². The zero-order valence-electron chi connectivity index (χ0n) is 15.5. The minimum atomic E-state index is 0.676. The molecule has 0 fully saturated rings. The average molecular weight is 392 g/mol. The first-order valence-electron chi connectivity index (χ1n) is 8.73. The van der Waals surface area contributed by atoms with Crippen LogP contribution in [0, 0.1) is 0 Å². The molecular weight excluding hydrogens is 374 g/mol. The fourth-order valence-corrected chi connectivity index (χ4v) is 3.07. The molecule has 0 unspecified atom stereocenters. The maximum Gasteiger partial charge on any atom is 0.137 e. The molecule has 4 aromatic rings. The fourth-order valence-electron chi connectivity index (χ4n) is 2.94. The Balaban J connectivity index is 1.97. The predicted molar refractivity (Wildman–Crippen MR) is 111 cm³/mol. The van der Waals surface area contributed by atoms with E-state index in [-0.39, 0.29) is 0 Å². The summed E-state index contributed by atoms with van der Waals surface area (Å²) < 4.78 is 16.8. The van der Waals surface area contributed by atoms with Crippen LogP contribution in [0.15, 0.2) is 82.2 Å². The van der Waals surface area contributed by atoms with Gasteiger partial charge in [0.05, 0.1) is 25.3 Å². The van der Waals surface area contributed by atoms with E-state index in [1.165, 1.54) is 0 Å². The van der Waals surface area contributed by atoms with Crippen molar-refractivity contribution in [3.05, 3.63) is 83.2 Å². The van der Waals surface area contributed by atoms with Crippen LogP contribution < -0.4 is 14.8 Å². The maximum absolute atomic E-state index is 6.13. The Morgan fingerprint density at radius 1 is 0.821 bits per heavy atom. The van der Waals surface area contributed by atoms with Gasteiger partial charge in [0.25, 0.3) is 0 Å². The molecule has 0 radical (unpaired) electrons. The Bertz CT molecular complexity index is 1200. The molecule has 0 amide bonds. The maximum atomic E-state index is 6.13. The topological polar surface area (TPSA) is 44.0 Å². The van der Waals surface area contributed by atoms with Gasteiger partial charge in [-0.1, -0.05) is 17.7 Å². The molecule has 0 spiro atoms. The summed E-state index contributed by atoms with van der Waals surface area (Å²) in [6.07, 6.45) is 0. The number of ether oxygens (including phenoxy) is 2. The summed E-state index contributed by atoms with van der Waals surface area (Å²) in [5, 5.41) is 2.31. The largest absolute Gasteiger partial charge is 0.497 e. The van der Waals surface area contributed by atoms with E-state index in [0.717, 1.165) is 39.1 Å². The molecule has 3 aromatic carbocycles. The third kappa shape index (κ3) is 3.73. The van der Waals surface area contributed by atoms with E-state index in [1.54, 1.807) is 14.2 Å². The molecule has 0 aliphatic heterocycles. The molecule has 1 aromatic heterocycles. The smallest absolute Gasteiger partial charge is 0.137 e. The van der Waals surface area contributed by atoms with E-state index in [0.29, 0.717) is 10.8 Å². The SMILES string of the molecule is COc1cccc(N=c2cc(-c3ccc(Cl)cc3)oc3ccc(OC)cc23)c1. The third-order valence-electron chi connectivity index (χ3n) is 4.38. The standard InChI is InChI=1S/C23H18ClNO3/c1-26-18-5-3-4-17(12-18)25-21-14-23(15-6-8-16(24)9-7-15)28-22-11-10-19(27-2)13-20(21)22/h3-14H,1-2H3. The van der Waals surface area contributed by atoms with E-state index in [4.69, 9.17) is 30.5 Å². The van der Waals surface area contributed by atoms with Crippen molar-refractivity contribution in [2.75, 3.05) is 14.2 Å². The summed E-state index contributed by atoms with van der Waals surface area (Å²) >= 11 is 6.02. The Labute approximate surface area is 167 Å². The summed E-state index contributed by atoms with van der Waals surface area (Å²) in [5.74, 6) is 2.20. The van der Waals surface area contributed by atoms with Crippen LogP contribution in [0.1, 0.15) is 0 Å². The van der Waals surface area contributed by atoms with Crippen molar-refractivity contribution >= 4 is 28.3 Å². The zero-order chi connectivity index (χ0) is 19.5. The molecule has 0 saturated heterocycles. The molecule has 0 atom stereocenters. The first kappa shape index (κ1) is 18.1. The van der Waals surface area contributed by atoms with Gasteiger partial charge in [-0.2, -0.15) is 0 Å². The Kier molecular flexibility index (Phi) is 5.04. The highest BCUT2D eigenvalue weighted by Gasteiger charge is 2.08. The van der Waals surface area contributed by atoms with Crippen molar-refractivity contribution in [3.8, 4) is 22.8 Å². The van der Waals surface area contributed by atoms with Gasteiger partial charge in [0.1, 0.15) is 22.8 Å². The number of hydrogen-bond donors (Lipinski definition) is 0. The first-order valence-corrected chi connectivity index (χ1v) is 9.11. The Morgan fingerprint density at radius 3 is 2.32 bits per heavy atom. The Morgan fingerprint density at radius 2 is 1.57 bits per heavy atom. The fraction of sp³-hybridized carbons (Fsp3) is 0.0870. The van der Waals surface area contributed by atoms with Gasteiger partial charge < -0.3 is 13.9 Å². The highest BCUT2D eigenvalue weighted by atomic mass is 35.5. The second-order valence-corrected chi connectivity index (χ2v) is 6.61. The van der Waals surface area contributed by atoms with Gasteiger partial charge in [-0.05, 0) is 54.6 Å². The lowest BCUT2D eigenvalue weighted by Gasteiger charge is -2.07. The molecule has 0 saturated carbocycles. The summed E-state index contributed by atoms with van der Waals surface area (Å²) in [7, 11) is 3.28. The minimum Gasteiger partial charge on any atom is -0.497 e. The molecule has 4 rings (SSSR count). The highest BCUT2D eigenvalue weighted by Crippen LogP contribution is 2.26. The zero-order valence-corrected chi connectivity index (χ0v) is 16.2. The minimum absolute atomic E-state index is 0.676. The molecule has 0 aliphatic rings. The van der Waals surface area contributed by atoms with Crippen molar-refractivity contribution in [1.82, 2.24) is 0 Å². The van der Waals surface area contributed by atoms with Gasteiger partial charge in [0, 0.05) is 28.1 Å². The van der Waals surface area contributed by atoms with E-state index in [9.17, 15) is 0 Å². The second-order valence-electron chi connectivity index (χ2n) is 6.18. The molecule has 0 bridgehead atoms. The number of halogens is 1. The average Bonchev–Trinajstić information content (AvgIpc) is 2.74. The first-order chi connectivity index (χ1) is 13.7. The molecular formula is C23H18ClNO3. The Hall–Kier alpha value is -3.24. The van der Waals surface area contributed by atoms with E-state index in [1.807, 2.05) is 72.8 Å². The lowest BCUT2D eigenvalue weighted by Crippen LogP contribution is -2.03. The van der Waals surface area contributed by atoms with Crippen LogP contribution in [-0.2, 0) is 0 Å². The van der Waals surface area contributed by atoms with E-state index >= 15 is 0 Å². The molecule has 1 heterocycles. The molecule has 0 N–H and O–H groups in total. The monoisotopic (exact) mass is 391 g/mol. The van der Waals surface area contributed by atoms with Crippen molar-refractivity contribution in [1.29, 1.82) is 0 Å². The van der Waals surface area contributed by atoms with Gasteiger partial charge in [-0.15, -0.1) is 0 Å².